The number of hydrogen-bond donors (Lipinski definition) is 1. The second kappa shape index (κ2) is 8.15. The summed E-state index contributed by atoms with van der Waals surface area (Å²) in [6.45, 7) is 10.6. The van der Waals surface area contributed by atoms with Crippen molar-refractivity contribution in [2.75, 3.05) is 20.2 Å². The molecule has 4 rings (SSSR count). The van der Waals surface area contributed by atoms with E-state index < -0.39 is 0 Å². The van der Waals surface area contributed by atoms with Gasteiger partial charge in [0, 0.05) is 13.6 Å². The first-order valence-corrected chi connectivity index (χ1v) is 12.5. The van der Waals surface area contributed by atoms with Gasteiger partial charge in [0.15, 0.2) is 0 Å². The maximum absolute atomic E-state index is 12.1. The van der Waals surface area contributed by atoms with Crippen molar-refractivity contribution in [2.45, 2.75) is 85.2 Å². The smallest absolute Gasteiger partial charge is 0.409 e. The van der Waals surface area contributed by atoms with E-state index in [-0.39, 0.29) is 12.2 Å². The number of carbonyl (C=O) groups is 1. The van der Waals surface area contributed by atoms with Crippen LogP contribution in [0.2, 0.25) is 0 Å². The number of aliphatic hydroxyl groups excluding tert-OH is 1. The molecule has 0 heterocycles. The molecular weight excluding hydrogens is 374 g/mol. The van der Waals surface area contributed by atoms with Crippen LogP contribution >= 0.6 is 0 Å². The molecule has 8 atom stereocenters. The van der Waals surface area contributed by atoms with E-state index in [1.54, 1.807) is 17.5 Å². The Bertz CT molecular complexity index is 690. The van der Waals surface area contributed by atoms with Gasteiger partial charge in [0.25, 0.3) is 0 Å². The molecule has 0 spiro atoms. The number of rotatable bonds is 4. The number of nitrogens with zero attached hydrogens (tertiary/aromatic N) is 1. The summed E-state index contributed by atoms with van der Waals surface area (Å²) in [7, 11) is 1.80. The fourth-order valence-electron chi connectivity index (χ4n) is 8.18. The zero-order valence-corrected chi connectivity index (χ0v) is 19.8. The van der Waals surface area contributed by atoms with Crippen LogP contribution in [0.15, 0.2) is 11.6 Å². The van der Waals surface area contributed by atoms with Gasteiger partial charge in [-0.1, -0.05) is 32.4 Å². The Morgan fingerprint density at radius 3 is 2.73 bits per heavy atom. The Morgan fingerprint density at radius 1 is 1.23 bits per heavy atom. The highest BCUT2D eigenvalue weighted by Gasteiger charge is 2.59. The van der Waals surface area contributed by atoms with Crippen LogP contribution in [0.1, 0.15) is 79.1 Å². The van der Waals surface area contributed by atoms with E-state index in [9.17, 15) is 9.90 Å². The third kappa shape index (κ3) is 3.51. The molecule has 4 nitrogen and oxygen atoms in total. The van der Waals surface area contributed by atoms with E-state index >= 15 is 0 Å². The Kier molecular flexibility index (Phi) is 6.02. The van der Waals surface area contributed by atoms with Crippen molar-refractivity contribution in [3.63, 3.8) is 0 Å². The molecule has 0 aliphatic heterocycles. The van der Waals surface area contributed by atoms with Crippen LogP contribution < -0.4 is 0 Å². The maximum atomic E-state index is 12.1. The van der Waals surface area contributed by atoms with Crippen LogP contribution in [-0.4, -0.2) is 42.4 Å². The molecule has 0 radical (unpaired) electrons. The summed E-state index contributed by atoms with van der Waals surface area (Å²) in [5, 5.41) is 10.2. The zero-order chi connectivity index (χ0) is 21.7. The van der Waals surface area contributed by atoms with E-state index in [0.717, 1.165) is 37.0 Å². The lowest BCUT2D eigenvalue weighted by Crippen LogP contribution is -2.51. The number of carbonyl (C=O) groups excluding carboxylic acids is 1. The summed E-state index contributed by atoms with van der Waals surface area (Å²) in [6, 6.07) is 0. The van der Waals surface area contributed by atoms with Gasteiger partial charge >= 0.3 is 6.09 Å². The van der Waals surface area contributed by atoms with Gasteiger partial charge in [-0.2, -0.15) is 0 Å². The summed E-state index contributed by atoms with van der Waals surface area (Å²) in [6.07, 6.45) is 11.7. The largest absolute Gasteiger partial charge is 0.449 e. The quantitative estimate of drug-likeness (QED) is 0.601. The van der Waals surface area contributed by atoms with Crippen LogP contribution in [0.4, 0.5) is 4.79 Å². The molecule has 1 amide bonds. The van der Waals surface area contributed by atoms with Crippen molar-refractivity contribution in [1.29, 1.82) is 0 Å². The lowest BCUT2D eigenvalue weighted by molar-refractivity contribution is -0.0607. The molecule has 3 fully saturated rings. The molecule has 170 valence electrons. The predicted octanol–water partition coefficient (Wildman–Crippen LogP) is 5.65. The molecule has 4 aliphatic rings. The van der Waals surface area contributed by atoms with E-state index in [0.29, 0.717) is 35.8 Å². The highest BCUT2D eigenvalue weighted by molar-refractivity contribution is 5.67. The Hall–Kier alpha value is -1.03. The molecule has 1 unspecified atom stereocenters. The molecule has 4 heteroatoms. The monoisotopic (exact) mass is 417 g/mol. The standard InChI is InChI=1S/C26H43NO3/c1-6-27(5)24(29)30-16-17(2)21-9-10-22-20-8-7-18-15-19(28)11-13-25(18,3)23(20)12-14-26(21,22)4/h7,17,19-23,28H,6,8-16H2,1-5H3/t17?,19-,20-,21+,22-,23-,25-,26+/m0/s1. The SMILES string of the molecule is CCN(C)C(=O)OCC(C)[C@H]1CC[C@H]2[C@@H]3CC=C4C[C@@H](O)CC[C@]4(C)[C@H]3CC[C@]12C. The molecule has 30 heavy (non-hydrogen) atoms. The molecule has 0 aromatic heterocycles. The minimum Gasteiger partial charge on any atom is -0.449 e. The molecule has 0 aromatic carbocycles. The Balaban J connectivity index is 1.47. The minimum atomic E-state index is -0.190. The number of ether oxygens (including phenoxy) is 1. The second-order valence-electron chi connectivity index (χ2n) is 11.5. The van der Waals surface area contributed by atoms with E-state index in [1.807, 2.05) is 6.92 Å². The van der Waals surface area contributed by atoms with Crippen LogP contribution in [0.25, 0.3) is 0 Å². The predicted molar refractivity (Wildman–Crippen MR) is 120 cm³/mol. The number of hydrogen-bond acceptors (Lipinski definition) is 3. The van der Waals surface area contributed by atoms with E-state index in [4.69, 9.17) is 4.74 Å². The van der Waals surface area contributed by atoms with Crippen molar-refractivity contribution in [3.8, 4) is 0 Å². The Morgan fingerprint density at radius 2 is 2.00 bits per heavy atom. The lowest BCUT2D eigenvalue weighted by Gasteiger charge is -2.58. The van der Waals surface area contributed by atoms with E-state index in [2.05, 4.69) is 26.8 Å². The van der Waals surface area contributed by atoms with Gasteiger partial charge in [0.2, 0.25) is 0 Å². The van der Waals surface area contributed by atoms with Crippen molar-refractivity contribution in [3.05, 3.63) is 11.6 Å². The lowest BCUT2D eigenvalue weighted by atomic mass is 9.47. The number of aliphatic hydroxyl groups is 1. The second-order valence-corrected chi connectivity index (χ2v) is 11.5. The van der Waals surface area contributed by atoms with Crippen LogP contribution in [0.3, 0.4) is 0 Å². The average molecular weight is 418 g/mol. The summed E-state index contributed by atoms with van der Waals surface area (Å²) in [4.78, 5) is 13.8. The Labute approximate surface area is 183 Å². The highest BCUT2D eigenvalue weighted by atomic mass is 16.6. The van der Waals surface area contributed by atoms with Gasteiger partial charge in [-0.05, 0) is 98.7 Å². The first-order chi connectivity index (χ1) is 14.2. The highest BCUT2D eigenvalue weighted by Crippen LogP contribution is 2.67. The van der Waals surface area contributed by atoms with Crippen molar-refractivity contribution in [2.24, 2.45) is 40.4 Å². The first-order valence-electron chi connectivity index (χ1n) is 12.5. The minimum absolute atomic E-state index is 0.124. The van der Waals surface area contributed by atoms with Crippen molar-refractivity contribution < 1.29 is 14.6 Å². The molecule has 0 bridgehead atoms. The van der Waals surface area contributed by atoms with Crippen LogP contribution in [-0.2, 0) is 4.74 Å². The van der Waals surface area contributed by atoms with Gasteiger partial charge in [0.05, 0.1) is 12.7 Å². The fraction of sp³-hybridized carbons (Fsp3) is 0.885. The number of allylic oxidation sites excluding steroid dienone is 1. The maximum Gasteiger partial charge on any atom is 0.409 e. The third-order valence-corrected chi connectivity index (χ3v) is 10.1. The van der Waals surface area contributed by atoms with Gasteiger partial charge < -0.3 is 14.7 Å². The number of amides is 1. The van der Waals surface area contributed by atoms with Crippen LogP contribution in [0.5, 0.6) is 0 Å². The molecule has 1 N–H and O–H groups in total. The molecule has 3 saturated carbocycles. The zero-order valence-electron chi connectivity index (χ0n) is 19.8. The molecule has 0 aromatic rings. The molecular formula is C26H43NO3. The average Bonchev–Trinajstić information content (AvgIpc) is 3.09. The number of fused-ring (bicyclic) bond motifs is 5. The summed E-state index contributed by atoms with van der Waals surface area (Å²) in [5.41, 5.74) is 2.24. The van der Waals surface area contributed by atoms with Gasteiger partial charge in [-0.3, -0.25) is 0 Å². The molecule has 4 aliphatic carbocycles. The van der Waals surface area contributed by atoms with Gasteiger partial charge in [-0.25, -0.2) is 4.79 Å². The summed E-state index contributed by atoms with van der Waals surface area (Å²) in [5.74, 6) is 3.43. The fourth-order valence-corrected chi connectivity index (χ4v) is 8.18. The van der Waals surface area contributed by atoms with Crippen LogP contribution in [0, 0.1) is 40.4 Å². The van der Waals surface area contributed by atoms with Gasteiger partial charge in [-0.15, -0.1) is 0 Å². The van der Waals surface area contributed by atoms with Crippen molar-refractivity contribution in [1.82, 2.24) is 4.90 Å². The van der Waals surface area contributed by atoms with Crippen molar-refractivity contribution >= 4 is 6.09 Å². The molecule has 0 saturated heterocycles. The third-order valence-electron chi connectivity index (χ3n) is 10.1. The summed E-state index contributed by atoms with van der Waals surface area (Å²) < 4.78 is 5.65. The van der Waals surface area contributed by atoms with E-state index in [1.165, 1.54) is 32.1 Å². The van der Waals surface area contributed by atoms with Gasteiger partial charge in [0.1, 0.15) is 0 Å². The topological polar surface area (TPSA) is 49.8 Å². The normalized spacial score (nSPS) is 43.7. The first kappa shape index (κ1) is 22.2. The summed E-state index contributed by atoms with van der Waals surface area (Å²) >= 11 is 0.